The van der Waals surface area contributed by atoms with Crippen molar-refractivity contribution in [3.05, 3.63) is 72.8 Å². The summed E-state index contributed by atoms with van der Waals surface area (Å²) < 4.78 is 2.41. The van der Waals surface area contributed by atoms with Gasteiger partial charge < -0.3 is 10.2 Å². The first kappa shape index (κ1) is 19.3. The van der Waals surface area contributed by atoms with Gasteiger partial charge in [-0.2, -0.15) is 0 Å². The van der Waals surface area contributed by atoms with Gasteiger partial charge in [-0.15, -0.1) is 0 Å². The van der Waals surface area contributed by atoms with Crippen molar-refractivity contribution in [3.63, 3.8) is 0 Å². The summed E-state index contributed by atoms with van der Waals surface area (Å²) in [5.74, 6) is 0. The van der Waals surface area contributed by atoms with Gasteiger partial charge in [-0.3, -0.25) is 0 Å². The van der Waals surface area contributed by atoms with Gasteiger partial charge in [0, 0.05) is 49.3 Å². The number of nitrogens with one attached hydrogen (secondary N) is 1. The molecule has 0 amide bonds. The molecule has 28 heavy (non-hydrogen) atoms. The predicted octanol–water partition coefficient (Wildman–Crippen LogP) is 4.98. The maximum Gasteiger partial charge on any atom is 0.0367 e. The SMILES string of the molecule is C=CC1=CCN(Sc2ccc(-c3ccc(N4CCNC(C)C4)cc3)cc2)CC1. The number of hydrogen-bond acceptors (Lipinski definition) is 4. The molecular weight excluding hydrogens is 362 g/mol. The molecular formula is C24H29N3S. The molecule has 3 nitrogen and oxygen atoms in total. The van der Waals surface area contributed by atoms with Crippen LogP contribution >= 0.6 is 11.9 Å². The summed E-state index contributed by atoms with van der Waals surface area (Å²) in [6.45, 7) is 11.4. The van der Waals surface area contributed by atoms with Gasteiger partial charge in [-0.05, 0) is 66.3 Å². The second-order valence-corrected chi connectivity index (χ2v) is 8.76. The highest BCUT2D eigenvalue weighted by atomic mass is 32.2. The van der Waals surface area contributed by atoms with E-state index in [0.29, 0.717) is 6.04 Å². The van der Waals surface area contributed by atoms with Gasteiger partial charge in [0.15, 0.2) is 0 Å². The van der Waals surface area contributed by atoms with Gasteiger partial charge in [0.25, 0.3) is 0 Å². The van der Waals surface area contributed by atoms with Crippen molar-refractivity contribution >= 4 is 17.6 Å². The van der Waals surface area contributed by atoms with E-state index in [0.717, 1.165) is 39.1 Å². The van der Waals surface area contributed by atoms with Gasteiger partial charge in [-0.25, -0.2) is 4.31 Å². The molecule has 2 aromatic carbocycles. The Morgan fingerprint density at radius 2 is 1.75 bits per heavy atom. The molecule has 4 rings (SSSR count). The number of benzene rings is 2. The number of anilines is 1. The highest BCUT2D eigenvalue weighted by Crippen LogP contribution is 2.29. The minimum absolute atomic E-state index is 0.553. The van der Waals surface area contributed by atoms with Crippen molar-refractivity contribution in [3.8, 4) is 11.1 Å². The molecule has 0 radical (unpaired) electrons. The average Bonchev–Trinajstić information content (AvgIpc) is 2.75. The van der Waals surface area contributed by atoms with Crippen LogP contribution in [-0.2, 0) is 0 Å². The average molecular weight is 392 g/mol. The molecule has 1 atom stereocenters. The molecule has 2 heterocycles. The second-order valence-electron chi connectivity index (χ2n) is 7.58. The van der Waals surface area contributed by atoms with E-state index in [1.807, 2.05) is 18.0 Å². The Bertz CT molecular complexity index is 826. The Hall–Kier alpha value is -2.01. The van der Waals surface area contributed by atoms with Gasteiger partial charge in [-0.1, -0.05) is 43.0 Å². The lowest BCUT2D eigenvalue weighted by atomic mass is 10.0. The number of piperazine rings is 1. The summed E-state index contributed by atoms with van der Waals surface area (Å²) >= 11 is 1.84. The third-order valence-corrected chi connectivity index (χ3v) is 6.57. The summed E-state index contributed by atoms with van der Waals surface area (Å²) in [6.07, 6.45) is 5.34. The maximum absolute atomic E-state index is 3.87. The van der Waals surface area contributed by atoms with Gasteiger partial charge in [0.1, 0.15) is 0 Å². The van der Waals surface area contributed by atoms with Crippen LogP contribution in [0.2, 0.25) is 0 Å². The van der Waals surface area contributed by atoms with E-state index in [-0.39, 0.29) is 0 Å². The minimum atomic E-state index is 0.553. The molecule has 0 aliphatic carbocycles. The molecule has 0 saturated carbocycles. The van der Waals surface area contributed by atoms with Crippen LogP contribution in [0.1, 0.15) is 13.3 Å². The first-order chi connectivity index (χ1) is 13.7. The fourth-order valence-corrected chi connectivity index (χ4v) is 4.71. The number of hydrogen-bond donors (Lipinski definition) is 1. The summed E-state index contributed by atoms with van der Waals surface area (Å²) in [6, 6.07) is 18.5. The Labute approximate surface area is 173 Å². The number of nitrogens with zero attached hydrogens (tertiary/aromatic N) is 2. The van der Waals surface area contributed by atoms with E-state index in [1.165, 1.54) is 27.3 Å². The molecule has 0 spiro atoms. The number of allylic oxidation sites excluding steroid dienone is 1. The fraction of sp³-hybridized carbons (Fsp3) is 0.333. The molecule has 4 heteroatoms. The standard InChI is InChI=1S/C24H29N3S/c1-3-20-12-15-27(16-13-20)28-24-10-6-22(7-11-24)21-4-8-23(9-5-21)26-17-14-25-19(2)18-26/h3-12,19,25H,1,13-18H2,2H3. The molecule has 2 aromatic rings. The summed E-state index contributed by atoms with van der Waals surface area (Å²) in [5, 5.41) is 3.50. The predicted molar refractivity (Wildman–Crippen MR) is 122 cm³/mol. The van der Waals surface area contributed by atoms with Crippen LogP contribution in [0.25, 0.3) is 11.1 Å². The smallest absolute Gasteiger partial charge is 0.0367 e. The van der Waals surface area contributed by atoms with E-state index in [9.17, 15) is 0 Å². The Balaban J connectivity index is 1.38. The first-order valence-electron chi connectivity index (χ1n) is 10.1. The lowest BCUT2D eigenvalue weighted by Crippen LogP contribution is -2.49. The maximum atomic E-state index is 3.87. The largest absolute Gasteiger partial charge is 0.369 e. The molecule has 146 valence electrons. The van der Waals surface area contributed by atoms with Crippen LogP contribution in [-0.4, -0.2) is 43.1 Å². The molecule has 0 aromatic heterocycles. The summed E-state index contributed by atoms with van der Waals surface area (Å²) in [4.78, 5) is 3.76. The van der Waals surface area contributed by atoms with Crippen LogP contribution in [0.3, 0.4) is 0 Å². The van der Waals surface area contributed by atoms with Gasteiger partial charge in [0.2, 0.25) is 0 Å². The first-order valence-corrected chi connectivity index (χ1v) is 10.9. The molecule has 1 N–H and O–H groups in total. The zero-order chi connectivity index (χ0) is 19.3. The summed E-state index contributed by atoms with van der Waals surface area (Å²) in [5.41, 5.74) is 5.24. The van der Waals surface area contributed by atoms with Crippen LogP contribution in [0.5, 0.6) is 0 Å². The van der Waals surface area contributed by atoms with Crippen molar-refractivity contribution < 1.29 is 0 Å². The Morgan fingerprint density at radius 3 is 2.36 bits per heavy atom. The highest BCUT2D eigenvalue weighted by molar-refractivity contribution is 7.97. The van der Waals surface area contributed by atoms with Crippen LogP contribution in [0.4, 0.5) is 5.69 Å². The van der Waals surface area contributed by atoms with Crippen LogP contribution in [0.15, 0.2) is 77.7 Å². The fourth-order valence-electron chi connectivity index (χ4n) is 3.82. The molecule has 1 saturated heterocycles. The monoisotopic (exact) mass is 391 g/mol. The third-order valence-electron chi connectivity index (χ3n) is 5.49. The van der Waals surface area contributed by atoms with Crippen molar-refractivity contribution in [2.45, 2.75) is 24.3 Å². The van der Waals surface area contributed by atoms with E-state index in [2.05, 4.69) is 82.6 Å². The van der Waals surface area contributed by atoms with Crippen molar-refractivity contribution in [2.24, 2.45) is 0 Å². The molecule has 2 aliphatic rings. The zero-order valence-electron chi connectivity index (χ0n) is 16.6. The van der Waals surface area contributed by atoms with Crippen molar-refractivity contribution in [1.82, 2.24) is 9.62 Å². The lowest BCUT2D eigenvalue weighted by Gasteiger charge is -2.33. The topological polar surface area (TPSA) is 18.5 Å². The van der Waals surface area contributed by atoms with Gasteiger partial charge in [0.05, 0.1) is 0 Å². The molecule has 0 bridgehead atoms. The van der Waals surface area contributed by atoms with E-state index in [1.54, 1.807) is 0 Å². The Morgan fingerprint density at radius 1 is 1.04 bits per heavy atom. The Kier molecular flexibility index (Phi) is 6.20. The minimum Gasteiger partial charge on any atom is -0.369 e. The van der Waals surface area contributed by atoms with Crippen molar-refractivity contribution in [2.75, 3.05) is 37.6 Å². The van der Waals surface area contributed by atoms with Crippen molar-refractivity contribution in [1.29, 1.82) is 0 Å². The summed E-state index contributed by atoms with van der Waals surface area (Å²) in [7, 11) is 0. The van der Waals surface area contributed by atoms with E-state index >= 15 is 0 Å². The van der Waals surface area contributed by atoms with Gasteiger partial charge >= 0.3 is 0 Å². The lowest BCUT2D eigenvalue weighted by molar-refractivity contribution is 0.485. The van der Waals surface area contributed by atoms with Crippen LogP contribution < -0.4 is 10.2 Å². The van der Waals surface area contributed by atoms with Crippen LogP contribution in [0, 0.1) is 0 Å². The zero-order valence-corrected chi connectivity index (χ0v) is 17.4. The molecule has 1 fully saturated rings. The third kappa shape index (κ3) is 4.69. The number of rotatable bonds is 5. The van der Waals surface area contributed by atoms with E-state index < -0.39 is 0 Å². The second kappa shape index (κ2) is 8.99. The normalized spacial score (nSPS) is 20.7. The molecule has 2 aliphatic heterocycles. The van der Waals surface area contributed by atoms with E-state index in [4.69, 9.17) is 0 Å². The molecule has 1 unspecified atom stereocenters. The highest BCUT2D eigenvalue weighted by Gasteiger charge is 2.16. The quantitative estimate of drug-likeness (QED) is 0.725.